The third-order valence-electron chi connectivity index (χ3n) is 2.37. The van der Waals surface area contributed by atoms with Crippen molar-refractivity contribution in [2.24, 2.45) is 0 Å². The number of hydrogen-bond acceptors (Lipinski definition) is 2. The Hall–Kier alpha value is -1.03. The molecule has 1 aliphatic heterocycles. The van der Waals surface area contributed by atoms with Gasteiger partial charge in [0.05, 0.1) is 17.4 Å². The first-order chi connectivity index (χ1) is 6.77. The van der Waals surface area contributed by atoms with E-state index in [1.165, 1.54) is 17.3 Å². The van der Waals surface area contributed by atoms with Crippen LogP contribution in [-0.2, 0) is 0 Å². The van der Waals surface area contributed by atoms with E-state index in [1.54, 1.807) is 6.20 Å². The fourth-order valence-electron chi connectivity index (χ4n) is 1.64. The maximum Gasteiger partial charge on any atom is 0.344 e. The largest absolute Gasteiger partial charge is 0.344 e. The second-order valence-corrected chi connectivity index (χ2v) is 3.87. The van der Waals surface area contributed by atoms with Crippen molar-refractivity contribution in [3.63, 3.8) is 0 Å². The van der Waals surface area contributed by atoms with Gasteiger partial charge in [-0.3, -0.25) is 0 Å². The summed E-state index contributed by atoms with van der Waals surface area (Å²) < 4.78 is 1.30. The molecule has 0 aliphatic carbocycles. The predicted octanol–water partition coefficient (Wildman–Crippen LogP) is 1.99. The number of piperidine rings is 1. The van der Waals surface area contributed by atoms with Crippen LogP contribution in [0.5, 0.6) is 0 Å². The van der Waals surface area contributed by atoms with Gasteiger partial charge in [0.1, 0.15) is 0 Å². The highest BCUT2D eigenvalue weighted by atomic mass is 35.5. The van der Waals surface area contributed by atoms with Gasteiger partial charge in [-0.05, 0) is 19.3 Å². The van der Waals surface area contributed by atoms with Crippen LogP contribution in [0.1, 0.15) is 19.3 Å². The molecule has 4 nitrogen and oxygen atoms in total. The summed E-state index contributed by atoms with van der Waals surface area (Å²) in [6.07, 6.45) is 6.40. The number of carbonyl (C=O) groups excluding carboxylic acids is 1. The average molecular weight is 214 g/mol. The van der Waals surface area contributed by atoms with E-state index in [-0.39, 0.29) is 6.03 Å². The van der Waals surface area contributed by atoms with E-state index in [2.05, 4.69) is 5.10 Å². The Morgan fingerprint density at radius 2 is 2.07 bits per heavy atom. The van der Waals surface area contributed by atoms with Gasteiger partial charge in [0.15, 0.2) is 0 Å². The Labute approximate surface area is 87.4 Å². The molecule has 0 radical (unpaired) electrons. The van der Waals surface area contributed by atoms with Crippen molar-refractivity contribution in [3.05, 3.63) is 17.4 Å². The highest BCUT2D eigenvalue weighted by Gasteiger charge is 2.18. The lowest BCUT2D eigenvalue weighted by atomic mass is 10.1. The molecule has 76 valence electrons. The SMILES string of the molecule is O=C(N1CCCCC1)n1cc(Cl)cn1. The molecule has 1 aliphatic rings. The normalized spacial score (nSPS) is 17.1. The van der Waals surface area contributed by atoms with Gasteiger partial charge in [-0.2, -0.15) is 9.78 Å². The van der Waals surface area contributed by atoms with E-state index in [0.29, 0.717) is 5.02 Å². The molecule has 0 aromatic carbocycles. The van der Waals surface area contributed by atoms with Crippen LogP contribution in [0.15, 0.2) is 12.4 Å². The number of halogens is 1. The lowest BCUT2D eigenvalue weighted by molar-refractivity contribution is 0.185. The molecule has 1 fully saturated rings. The van der Waals surface area contributed by atoms with E-state index >= 15 is 0 Å². The fraction of sp³-hybridized carbons (Fsp3) is 0.556. The van der Waals surface area contributed by atoms with Crippen LogP contribution in [-0.4, -0.2) is 33.8 Å². The minimum absolute atomic E-state index is 0.0726. The monoisotopic (exact) mass is 213 g/mol. The molecule has 0 spiro atoms. The molecule has 0 N–H and O–H groups in total. The molecule has 2 rings (SSSR count). The Balaban J connectivity index is 2.07. The van der Waals surface area contributed by atoms with Crippen LogP contribution < -0.4 is 0 Å². The summed E-state index contributed by atoms with van der Waals surface area (Å²) in [7, 11) is 0. The van der Waals surface area contributed by atoms with E-state index in [0.717, 1.165) is 25.9 Å². The van der Waals surface area contributed by atoms with Gasteiger partial charge in [-0.25, -0.2) is 4.79 Å². The van der Waals surface area contributed by atoms with E-state index < -0.39 is 0 Å². The van der Waals surface area contributed by atoms with E-state index in [1.807, 2.05) is 4.90 Å². The van der Waals surface area contributed by atoms with Crippen molar-refractivity contribution in [2.75, 3.05) is 13.1 Å². The van der Waals surface area contributed by atoms with Gasteiger partial charge in [0.25, 0.3) is 0 Å². The topological polar surface area (TPSA) is 38.1 Å². The van der Waals surface area contributed by atoms with Crippen LogP contribution in [0.3, 0.4) is 0 Å². The van der Waals surface area contributed by atoms with Gasteiger partial charge in [-0.15, -0.1) is 0 Å². The summed E-state index contributed by atoms with van der Waals surface area (Å²) in [4.78, 5) is 13.6. The first-order valence-electron chi connectivity index (χ1n) is 4.77. The van der Waals surface area contributed by atoms with Crippen molar-refractivity contribution in [1.82, 2.24) is 14.7 Å². The highest BCUT2D eigenvalue weighted by molar-refractivity contribution is 6.30. The molecule has 0 bridgehead atoms. The Morgan fingerprint density at radius 1 is 1.36 bits per heavy atom. The summed E-state index contributed by atoms with van der Waals surface area (Å²) in [6.45, 7) is 1.66. The van der Waals surface area contributed by atoms with Gasteiger partial charge in [0, 0.05) is 13.1 Å². The third kappa shape index (κ3) is 1.90. The molecule has 0 unspecified atom stereocenters. The Bertz CT molecular complexity index is 331. The van der Waals surface area contributed by atoms with Crippen LogP contribution >= 0.6 is 11.6 Å². The number of amides is 1. The summed E-state index contributed by atoms with van der Waals surface area (Å²) >= 11 is 5.69. The van der Waals surface area contributed by atoms with E-state index in [9.17, 15) is 4.79 Å². The molecule has 1 aromatic heterocycles. The number of hydrogen-bond donors (Lipinski definition) is 0. The van der Waals surface area contributed by atoms with Gasteiger partial charge < -0.3 is 4.90 Å². The minimum atomic E-state index is -0.0726. The molecular weight excluding hydrogens is 202 g/mol. The molecule has 14 heavy (non-hydrogen) atoms. The van der Waals surface area contributed by atoms with Crippen molar-refractivity contribution in [3.8, 4) is 0 Å². The van der Waals surface area contributed by atoms with Gasteiger partial charge >= 0.3 is 6.03 Å². The molecule has 5 heteroatoms. The van der Waals surface area contributed by atoms with Crippen molar-refractivity contribution < 1.29 is 4.79 Å². The zero-order valence-corrected chi connectivity index (χ0v) is 8.57. The minimum Gasteiger partial charge on any atom is -0.323 e. The van der Waals surface area contributed by atoms with Crippen molar-refractivity contribution >= 4 is 17.6 Å². The molecule has 1 aromatic rings. The second kappa shape index (κ2) is 4.00. The Kier molecular flexibility index (Phi) is 2.72. The number of likely N-dealkylation sites (tertiary alicyclic amines) is 1. The standard InChI is InChI=1S/C9H12ClN3O/c10-8-6-11-13(7-8)9(14)12-4-2-1-3-5-12/h6-7H,1-5H2. The molecule has 0 atom stereocenters. The fourth-order valence-corrected chi connectivity index (χ4v) is 1.77. The molecule has 1 amide bonds. The summed E-state index contributed by atoms with van der Waals surface area (Å²) in [5, 5.41) is 4.38. The molecule has 1 saturated heterocycles. The molecular formula is C9H12ClN3O. The maximum atomic E-state index is 11.8. The number of nitrogens with zero attached hydrogens (tertiary/aromatic N) is 3. The smallest absolute Gasteiger partial charge is 0.323 e. The summed E-state index contributed by atoms with van der Waals surface area (Å²) in [5.74, 6) is 0. The van der Waals surface area contributed by atoms with Crippen LogP contribution in [0, 0.1) is 0 Å². The second-order valence-electron chi connectivity index (χ2n) is 3.43. The number of aromatic nitrogens is 2. The van der Waals surface area contributed by atoms with Crippen LogP contribution in [0.2, 0.25) is 5.02 Å². The van der Waals surface area contributed by atoms with Gasteiger partial charge in [0.2, 0.25) is 0 Å². The van der Waals surface area contributed by atoms with Crippen LogP contribution in [0.4, 0.5) is 4.79 Å². The Morgan fingerprint density at radius 3 is 2.64 bits per heavy atom. The van der Waals surface area contributed by atoms with E-state index in [4.69, 9.17) is 11.6 Å². The van der Waals surface area contributed by atoms with Gasteiger partial charge in [-0.1, -0.05) is 11.6 Å². The average Bonchev–Trinajstić information content (AvgIpc) is 2.65. The van der Waals surface area contributed by atoms with Crippen molar-refractivity contribution in [2.45, 2.75) is 19.3 Å². The summed E-state index contributed by atoms with van der Waals surface area (Å²) in [5.41, 5.74) is 0. The maximum absolute atomic E-state index is 11.8. The number of carbonyl (C=O) groups is 1. The zero-order valence-electron chi connectivity index (χ0n) is 7.82. The third-order valence-corrected chi connectivity index (χ3v) is 2.57. The lowest BCUT2D eigenvalue weighted by Gasteiger charge is -2.25. The first-order valence-corrected chi connectivity index (χ1v) is 5.14. The van der Waals surface area contributed by atoms with Crippen LogP contribution in [0.25, 0.3) is 0 Å². The number of rotatable bonds is 0. The summed E-state index contributed by atoms with van der Waals surface area (Å²) in [6, 6.07) is -0.0726. The molecule has 0 saturated carbocycles. The quantitative estimate of drug-likeness (QED) is 0.661. The molecule has 2 heterocycles. The van der Waals surface area contributed by atoms with Crippen molar-refractivity contribution in [1.29, 1.82) is 0 Å². The zero-order chi connectivity index (χ0) is 9.97. The highest BCUT2D eigenvalue weighted by Crippen LogP contribution is 2.11. The first kappa shape index (κ1) is 9.52. The lowest BCUT2D eigenvalue weighted by Crippen LogP contribution is -2.38. The predicted molar refractivity (Wildman–Crippen MR) is 53.5 cm³/mol.